The summed E-state index contributed by atoms with van der Waals surface area (Å²) in [6.07, 6.45) is 8.41. The van der Waals surface area contributed by atoms with Gasteiger partial charge in [-0.1, -0.05) is 0 Å². The van der Waals surface area contributed by atoms with Gasteiger partial charge in [0.15, 0.2) is 0 Å². The van der Waals surface area contributed by atoms with Crippen LogP contribution in [0.25, 0.3) is 0 Å². The zero-order valence-corrected chi connectivity index (χ0v) is 11.8. The second-order valence-electron chi connectivity index (χ2n) is 4.09. The van der Waals surface area contributed by atoms with Crippen molar-refractivity contribution in [1.82, 2.24) is 9.55 Å². The Morgan fingerprint density at radius 1 is 1.53 bits per heavy atom. The van der Waals surface area contributed by atoms with E-state index in [0.29, 0.717) is 12.6 Å². The lowest BCUT2D eigenvalue weighted by Gasteiger charge is -2.16. The van der Waals surface area contributed by atoms with Crippen LogP contribution in [0.1, 0.15) is 25.8 Å². The Hall–Kier alpha value is -0.680. The predicted molar refractivity (Wildman–Crippen MR) is 74.9 cm³/mol. The zero-order valence-electron chi connectivity index (χ0n) is 11.0. The fourth-order valence-electron chi connectivity index (χ4n) is 1.70. The SMILES string of the molecule is COCC(C)n1ccnc1NCCCCSC. The molecule has 17 heavy (non-hydrogen) atoms. The molecular weight excluding hydrogens is 234 g/mol. The van der Waals surface area contributed by atoms with Crippen LogP contribution in [0.4, 0.5) is 5.95 Å². The lowest BCUT2D eigenvalue weighted by atomic mass is 10.3. The van der Waals surface area contributed by atoms with Crippen LogP contribution in [-0.2, 0) is 4.74 Å². The van der Waals surface area contributed by atoms with Gasteiger partial charge in [0.2, 0.25) is 5.95 Å². The van der Waals surface area contributed by atoms with Crippen LogP contribution in [-0.4, -0.2) is 41.8 Å². The third kappa shape index (κ3) is 5.00. The molecule has 1 unspecified atom stereocenters. The molecule has 0 aliphatic heterocycles. The van der Waals surface area contributed by atoms with Crippen molar-refractivity contribution < 1.29 is 4.74 Å². The van der Waals surface area contributed by atoms with Gasteiger partial charge in [-0.3, -0.25) is 0 Å². The highest BCUT2D eigenvalue weighted by Crippen LogP contribution is 2.13. The van der Waals surface area contributed by atoms with Gasteiger partial charge in [-0.25, -0.2) is 4.98 Å². The molecule has 0 amide bonds. The van der Waals surface area contributed by atoms with Crippen molar-refractivity contribution in [2.24, 2.45) is 0 Å². The van der Waals surface area contributed by atoms with Crippen LogP contribution in [0.2, 0.25) is 0 Å². The number of unbranched alkanes of at least 4 members (excludes halogenated alkanes) is 1. The molecular formula is C12H23N3OS. The van der Waals surface area contributed by atoms with Gasteiger partial charge in [-0.15, -0.1) is 0 Å². The van der Waals surface area contributed by atoms with Crippen molar-refractivity contribution >= 4 is 17.7 Å². The van der Waals surface area contributed by atoms with E-state index >= 15 is 0 Å². The van der Waals surface area contributed by atoms with Crippen molar-refractivity contribution in [3.05, 3.63) is 12.4 Å². The number of imidazole rings is 1. The summed E-state index contributed by atoms with van der Waals surface area (Å²) in [4.78, 5) is 4.33. The summed E-state index contributed by atoms with van der Waals surface area (Å²) in [5, 5.41) is 3.38. The summed E-state index contributed by atoms with van der Waals surface area (Å²) in [5.74, 6) is 2.18. The highest BCUT2D eigenvalue weighted by atomic mass is 32.2. The van der Waals surface area contributed by atoms with E-state index in [2.05, 4.69) is 28.0 Å². The number of hydrogen-bond acceptors (Lipinski definition) is 4. The molecule has 0 fully saturated rings. The smallest absolute Gasteiger partial charge is 0.203 e. The molecule has 5 heteroatoms. The molecule has 0 radical (unpaired) electrons. The minimum absolute atomic E-state index is 0.316. The van der Waals surface area contributed by atoms with Crippen LogP contribution in [0.3, 0.4) is 0 Å². The van der Waals surface area contributed by atoms with Gasteiger partial charge >= 0.3 is 0 Å². The van der Waals surface area contributed by atoms with Crippen LogP contribution in [0.5, 0.6) is 0 Å². The van der Waals surface area contributed by atoms with E-state index in [1.165, 1.54) is 18.6 Å². The molecule has 98 valence electrons. The van der Waals surface area contributed by atoms with E-state index in [4.69, 9.17) is 4.74 Å². The molecule has 0 saturated heterocycles. The first kappa shape index (κ1) is 14.4. The predicted octanol–water partition coefficient (Wildman–Crippen LogP) is 2.65. The number of nitrogens with zero attached hydrogens (tertiary/aromatic N) is 2. The molecule has 0 spiro atoms. The van der Waals surface area contributed by atoms with Gasteiger partial charge < -0.3 is 14.6 Å². The molecule has 0 aliphatic carbocycles. The fourth-order valence-corrected chi connectivity index (χ4v) is 2.19. The Morgan fingerprint density at radius 3 is 3.06 bits per heavy atom. The van der Waals surface area contributed by atoms with E-state index in [1.807, 2.05) is 24.2 Å². The first-order chi connectivity index (χ1) is 8.29. The molecule has 1 rings (SSSR count). The first-order valence-electron chi connectivity index (χ1n) is 6.04. The molecule has 1 aromatic heterocycles. The van der Waals surface area contributed by atoms with Crippen LogP contribution in [0.15, 0.2) is 12.4 Å². The number of nitrogens with one attached hydrogen (secondary N) is 1. The number of anilines is 1. The number of rotatable bonds is 9. The summed E-state index contributed by atoms with van der Waals surface area (Å²) in [5.41, 5.74) is 0. The van der Waals surface area contributed by atoms with Gasteiger partial charge in [0.25, 0.3) is 0 Å². The Labute approximate surface area is 108 Å². The first-order valence-corrected chi connectivity index (χ1v) is 7.43. The second kappa shape index (κ2) is 8.42. The lowest BCUT2D eigenvalue weighted by molar-refractivity contribution is 0.163. The highest BCUT2D eigenvalue weighted by molar-refractivity contribution is 7.98. The molecule has 1 aromatic rings. The van der Waals surface area contributed by atoms with Gasteiger partial charge in [-0.05, 0) is 31.8 Å². The van der Waals surface area contributed by atoms with E-state index in [0.717, 1.165) is 12.5 Å². The van der Waals surface area contributed by atoms with E-state index in [9.17, 15) is 0 Å². The number of methoxy groups -OCH3 is 1. The normalized spacial score (nSPS) is 12.6. The number of hydrogen-bond donors (Lipinski definition) is 1. The topological polar surface area (TPSA) is 39.1 Å². The fraction of sp³-hybridized carbons (Fsp3) is 0.750. The number of thioether (sulfide) groups is 1. The Morgan fingerprint density at radius 2 is 2.35 bits per heavy atom. The second-order valence-corrected chi connectivity index (χ2v) is 5.07. The quantitative estimate of drug-likeness (QED) is 0.690. The molecule has 1 heterocycles. The summed E-state index contributed by atoms with van der Waals surface area (Å²) < 4.78 is 7.28. The maximum absolute atomic E-state index is 5.16. The molecule has 0 aliphatic rings. The maximum Gasteiger partial charge on any atom is 0.203 e. The third-order valence-corrected chi connectivity index (χ3v) is 3.31. The van der Waals surface area contributed by atoms with Crippen molar-refractivity contribution in [3.63, 3.8) is 0 Å². The van der Waals surface area contributed by atoms with E-state index in [-0.39, 0.29) is 0 Å². The van der Waals surface area contributed by atoms with E-state index < -0.39 is 0 Å². The molecule has 0 saturated carbocycles. The molecule has 0 bridgehead atoms. The molecule has 1 N–H and O–H groups in total. The molecule has 0 aromatic carbocycles. The van der Waals surface area contributed by atoms with Crippen LogP contribution < -0.4 is 5.32 Å². The lowest BCUT2D eigenvalue weighted by Crippen LogP contribution is -2.15. The minimum Gasteiger partial charge on any atom is -0.383 e. The third-order valence-electron chi connectivity index (χ3n) is 2.61. The van der Waals surface area contributed by atoms with Crippen molar-refractivity contribution in [2.75, 3.05) is 37.6 Å². The maximum atomic E-state index is 5.16. The number of ether oxygens (including phenoxy) is 1. The van der Waals surface area contributed by atoms with Gasteiger partial charge in [0.1, 0.15) is 0 Å². The van der Waals surface area contributed by atoms with Gasteiger partial charge in [0.05, 0.1) is 12.6 Å². The molecule has 4 nitrogen and oxygen atoms in total. The van der Waals surface area contributed by atoms with Crippen molar-refractivity contribution in [2.45, 2.75) is 25.8 Å². The Balaban J connectivity index is 2.35. The average Bonchev–Trinajstić information content (AvgIpc) is 2.77. The van der Waals surface area contributed by atoms with Crippen LogP contribution >= 0.6 is 11.8 Å². The Bertz CT molecular complexity index is 304. The molecule has 1 atom stereocenters. The van der Waals surface area contributed by atoms with Gasteiger partial charge in [-0.2, -0.15) is 11.8 Å². The summed E-state index contributed by atoms with van der Waals surface area (Å²) in [6, 6.07) is 0.316. The van der Waals surface area contributed by atoms with Crippen LogP contribution in [0, 0.1) is 0 Å². The van der Waals surface area contributed by atoms with Gasteiger partial charge in [0, 0.05) is 26.0 Å². The minimum atomic E-state index is 0.316. The van der Waals surface area contributed by atoms with E-state index in [1.54, 1.807) is 7.11 Å². The zero-order chi connectivity index (χ0) is 12.5. The monoisotopic (exact) mass is 257 g/mol. The summed E-state index contributed by atoms with van der Waals surface area (Å²) in [6.45, 7) is 3.82. The van der Waals surface area contributed by atoms with Crippen molar-refractivity contribution in [3.8, 4) is 0 Å². The summed E-state index contributed by atoms with van der Waals surface area (Å²) >= 11 is 1.90. The average molecular weight is 257 g/mol. The number of aromatic nitrogens is 2. The van der Waals surface area contributed by atoms with Crippen molar-refractivity contribution in [1.29, 1.82) is 0 Å². The standard InChI is InChI=1S/C12H23N3OS/c1-11(10-16-2)15-8-7-14-12(15)13-6-4-5-9-17-3/h7-8,11H,4-6,9-10H2,1-3H3,(H,13,14). The summed E-state index contributed by atoms with van der Waals surface area (Å²) in [7, 11) is 1.73. The Kier molecular flexibility index (Phi) is 7.12. The highest BCUT2D eigenvalue weighted by Gasteiger charge is 2.08. The largest absolute Gasteiger partial charge is 0.383 e.